The van der Waals surface area contributed by atoms with Crippen LogP contribution in [-0.4, -0.2) is 45.6 Å². The maximum Gasteiger partial charge on any atom is 0.264 e. The van der Waals surface area contributed by atoms with Crippen molar-refractivity contribution in [1.82, 2.24) is 0 Å². The van der Waals surface area contributed by atoms with Gasteiger partial charge in [-0.1, -0.05) is 30.3 Å². The lowest BCUT2D eigenvalue weighted by atomic mass is 10.2. The van der Waals surface area contributed by atoms with Crippen molar-refractivity contribution >= 4 is 25.5 Å². The third kappa shape index (κ3) is 3.49. The van der Waals surface area contributed by atoms with Gasteiger partial charge in [0.2, 0.25) is 0 Å². The van der Waals surface area contributed by atoms with Gasteiger partial charge in [0.25, 0.3) is 10.0 Å². The van der Waals surface area contributed by atoms with Crippen LogP contribution in [0.4, 0.5) is 5.69 Å². The van der Waals surface area contributed by atoms with Crippen LogP contribution in [0.5, 0.6) is 0 Å². The van der Waals surface area contributed by atoms with E-state index in [2.05, 4.69) is 0 Å². The molecule has 6 nitrogen and oxygen atoms in total. The van der Waals surface area contributed by atoms with Crippen LogP contribution in [0.15, 0.2) is 53.4 Å². The van der Waals surface area contributed by atoms with Crippen molar-refractivity contribution < 1.29 is 21.9 Å². The van der Waals surface area contributed by atoms with E-state index in [1.807, 2.05) is 6.07 Å². The van der Waals surface area contributed by atoms with Crippen LogP contribution in [0.25, 0.3) is 0 Å². The van der Waals surface area contributed by atoms with Crippen LogP contribution in [0.2, 0.25) is 0 Å². The first-order valence-electron chi connectivity index (χ1n) is 8.17. The summed E-state index contributed by atoms with van der Waals surface area (Å²) in [6, 6.07) is 12.3. The van der Waals surface area contributed by atoms with Crippen molar-refractivity contribution in [2.75, 3.05) is 15.8 Å². The summed E-state index contributed by atoms with van der Waals surface area (Å²) in [4.78, 5) is 0.109. The van der Waals surface area contributed by atoms with Gasteiger partial charge in [0, 0.05) is 0 Å². The van der Waals surface area contributed by atoms with Crippen molar-refractivity contribution in [2.45, 2.75) is 30.9 Å². The fourth-order valence-corrected chi connectivity index (χ4v) is 7.07. The van der Waals surface area contributed by atoms with E-state index in [0.717, 1.165) is 9.87 Å². The van der Waals surface area contributed by atoms with Crippen molar-refractivity contribution in [3.63, 3.8) is 0 Å². The molecule has 3 rings (SSSR count). The SMILES string of the molecule is Cc1ccc(C)c(S(=O)(=O)N(c2ccccc2)[C@H]2CS(=O)(=O)C[C@H]2O)c1. The van der Waals surface area contributed by atoms with Crippen LogP contribution in [0.1, 0.15) is 11.1 Å². The lowest BCUT2D eigenvalue weighted by Gasteiger charge is -2.32. The molecule has 26 heavy (non-hydrogen) atoms. The summed E-state index contributed by atoms with van der Waals surface area (Å²) in [7, 11) is -7.58. The summed E-state index contributed by atoms with van der Waals surface area (Å²) >= 11 is 0. The van der Waals surface area contributed by atoms with Crippen LogP contribution in [0.3, 0.4) is 0 Å². The highest BCUT2D eigenvalue weighted by Crippen LogP contribution is 2.32. The number of sulfonamides is 1. The minimum absolute atomic E-state index is 0.109. The van der Waals surface area contributed by atoms with Gasteiger partial charge in [-0.3, -0.25) is 4.31 Å². The minimum atomic E-state index is -4.06. The molecule has 1 N–H and O–H groups in total. The number of sulfone groups is 1. The standard InChI is InChI=1S/C18H21NO5S2/c1-13-8-9-14(2)18(10-13)26(23,24)19(15-6-4-3-5-7-15)16-11-25(21,22)12-17(16)20/h3-10,16-17,20H,11-12H2,1-2H3/t16-,17+/m0/s1. The number of hydrogen-bond acceptors (Lipinski definition) is 5. The van der Waals surface area contributed by atoms with E-state index >= 15 is 0 Å². The smallest absolute Gasteiger partial charge is 0.264 e. The molecule has 0 bridgehead atoms. The van der Waals surface area contributed by atoms with E-state index in [-0.39, 0.29) is 4.90 Å². The third-order valence-corrected chi connectivity index (χ3v) is 8.18. The van der Waals surface area contributed by atoms with Crippen molar-refractivity contribution in [2.24, 2.45) is 0 Å². The van der Waals surface area contributed by atoms with Gasteiger partial charge in [-0.05, 0) is 43.2 Å². The Morgan fingerprint density at radius 3 is 2.27 bits per heavy atom. The van der Waals surface area contributed by atoms with Crippen LogP contribution >= 0.6 is 0 Å². The molecule has 0 saturated carbocycles. The highest BCUT2D eigenvalue weighted by Gasteiger charge is 2.45. The molecule has 0 aliphatic carbocycles. The molecule has 0 spiro atoms. The van der Waals surface area contributed by atoms with E-state index in [9.17, 15) is 21.9 Å². The number of aryl methyl sites for hydroxylation is 2. The molecule has 0 radical (unpaired) electrons. The predicted molar refractivity (Wildman–Crippen MR) is 100 cm³/mol. The summed E-state index contributed by atoms with van der Waals surface area (Å²) in [5.41, 5.74) is 1.67. The minimum Gasteiger partial charge on any atom is -0.390 e. The Hall–Kier alpha value is -1.90. The molecule has 140 valence electrons. The van der Waals surface area contributed by atoms with Gasteiger partial charge < -0.3 is 5.11 Å². The largest absolute Gasteiger partial charge is 0.390 e. The second kappa shape index (κ2) is 6.68. The second-order valence-electron chi connectivity index (χ2n) is 6.62. The third-order valence-electron chi connectivity index (χ3n) is 4.49. The van der Waals surface area contributed by atoms with E-state index in [0.29, 0.717) is 11.3 Å². The zero-order chi connectivity index (χ0) is 19.1. The molecule has 0 aromatic heterocycles. The number of anilines is 1. The summed E-state index contributed by atoms with van der Waals surface area (Å²) in [5, 5.41) is 10.3. The molecule has 1 saturated heterocycles. The average molecular weight is 396 g/mol. The fraction of sp³-hybridized carbons (Fsp3) is 0.333. The van der Waals surface area contributed by atoms with Gasteiger partial charge in [-0.15, -0.1) is 0 Å². The van der Waals surface area contributed by atoms with Crippen LogP contribution < -0.4 is 4.31 Å². The Morgan fingerprint density at radius 1 is 1.04 bits per heavy atom. The van der Waals surface area contributed by atoms with E-state index in [1.165, 1.54) is 0 Å². The van der Waals surface area contributed by atoms with E-state index < -0.39 is 43.5 Å². The molecule has 1 aliphatic rings. The molecule has 1 fully saturated rings. The number of aliphatic hydroxyl groups is 1. The maximum absolute atomic E-state index is 13.5. The van der Waals surface area contributed by atoms with Gasteiger partial charge in [-0.25, -0.2) is 16.8 Å². The normalized spacial score (nSPS) is 22.3. The second-order valence-corrected chi connectivity index (χ2v) is 10.6. The monoisotopic (exact) mass is 395 g/mol. The van der Waals surface area contributed by atoms with Crippen LogP contribution in [0, 0.1) is 13.8 Å². The quantitative estimate of drug-likeness (QED) is 0.850. The van der Waals surface area contributed by atoms with Gasteiger partial charge in [0.15, 0.2) is 9.84 Å². The highest BCUT2D eigenvalue weighted by molar-refractivity contribution is 7.93. The van der Waals surface area contributed by atoms with Gasteiger partial charge >= 0.3 is 0 Å². The highest BCUT2D eigenvalue weighted by atomic mass is 32.2. The molecule has 2 aromatic rings. The Balaban J connectivity index is 2.20. The Labute approximate surface area is 154 Å². The molecule has 2 atom stereocenters. The molecular weight excluding hydrogens is 374 g/mol. The number of hydrogen-bond donors (Lipinski definition) is 1. The van der Waals surface area contributed by atoms with Crippen molar-refractivity contribution in [1.29, 1.82) is 0 Å². The van der Waals surface area contributed by atoms with Crippen molar-refractivity contribution in [3.8, 4) is 0 Å². The van der Waals surface area contributed by atoms with Crippen molar-refractivity contribution in [3.05, 3.63) is 59.7 Å². The zero-order valence-corrected chi connectivity index (χ0v) is 16.2. The summed E-state index contributed by atoms with van der Waals surface area (Å²) in [6.45, 7) is 3.48. The van der Waals surface area contributed by atoms with Crippen LogP contribution in [-0.2, 0) is 19.9 Å². The number of nitrogens with zero attached hydrogens (tertiary/aromatic N) is 1. The summed E-state index contributed by atoms with van der Waals surface area (Å²) in [5.74, 6) is -0.851. The first-order valence-corrected chi connectivity index (χ1v) is 11.4. The zero-order valence-electron chi connectivity index (χ0n) is 14.5. The van der Waals surface area contributed by atoms with Gasteiger partial charge in [0.05, 0.1) is 34.2 Å². The van der Waals surface area contributed by atoms with Gasteiger partial charge in [0.1, 0.15) is 0 Å². The first kappa shape index (κ1) is 18.9. The number of rotatable bonds is 4. The molecule has 1 heterocycles. The summed E-state index contributed by atoms with van der Waals surface area (Å²) in [6.07, 6.45) is -1.28. The van der Waals surface area contributed by atoms with E-state index in [4.69, 9.17) is 0 Å². The predicted octanol–water partition coefficient (Wildman–Crippen LogP) is 1.66. The first-order chi connectivity index (χ1) is 12.1. The lowest BCUT2D eigenvalue weighted by molar-refractivity contribution is 0.184. The summed E-state index contributed by atoms with van der Waals surface area (Å²) < 4.78 is 52.0. The molecule has 0 amide bonds. The molecule has 1 aliphatic heterocycles. The Kier molecular flexibility index (Phi) is 4.85. The maximum atomic E-state index is 13.5. The average Bonchev–Trinajstić information content (AvgIpc) is 2.83. The Bertz CT molecular complexity index is 1020. The van der Waals surface area contributed by atoms with Gasteiger partial charge in [-0.2, -0.15) is 0 Å². The molecular formula is C18H21NO5S2. The molecule has 2 aromatic carbocycles. The Morgan fingerprint density at radius 2 is 1.69 bits per heavy atom. The molecule has 8 heteroatoms. The number of para-hydroxylation sites is 1. The number of benzene rings is 2. The number of aliphatic hydroxyl groups excluding tert-OH is 1. The fourth-order valence-electron chi connectivity index (χ4n) is 3.21. The lowest BCUT2D eigenvalue weighted by Crippen LogP contribution is -2.47. The topological polar surface area (TPSA) is 91.8 Å². The van der Waals surface area contributed by atoms with E-state index in [1.54, 1.807) is 56.3 Å². The molecule has 0 unspecified atom stereocenters.